The van der Waals surface area contributed by atoms with Crippen molar-refractivity contribution in [1.82, 2.24) is 10.2 Å². The third kappa shape index (κ3) is 2.32. The van der Waals surface area contributed by atoms with Gasteiger partial charge < -0.3 is 5.32 Å². The van der Waals surface area contributed by atoms with Crippen LogP contribution in [-0.2, 0) is 20.2 Å². The number of imide groups is 1. The molecule has 1 fully saturated rings. The lowest BCUT2D eigenvalue weighted by atomic mass is 9.86. The minimum Gasteiger partial charge on any atom is -0.319 e. The first-order valence-corrected chi connectivity index (χ1v) is 8.99. The fourth-order valence-corrected chi connectivity index (χ4v) is 4.79. The normalized spacial score (nSPS) is 25.8. The first-order valence-electron chi connectivity index (χ1n) is 7.34. The van der Waals surface area contributed by atoms with Crippen LogP contribution in [0, 0.1) is 11.7 Å². The molecule has 0 radical (unpaired) electrons. The van der Waals surface area contributed by atoms with Crippen molar-refractivity contribution in [2.45, 2.75) is 30.7 Å². The predicted octanol–water partition coefficient (Wildman–Crippen LogP) is 1.41. The van der Waals surface area contributed by atoms with Crippen molar-refractivity contribution in [2.75, 3.05) is 12.3 Å². The lowest BCUT2D eigenvalue weighted by Gasteiger charge is -2.33. The largest absolute Gasteiger partial charge is 0.325 e. The van der Waals surface area contributed by atoms with Gasteiger partial charge in [-0.3, -0.25) is 9.69 Å². The number of benzene rings is 1. The van der Waals surface area contributed by atoms with Crippen LogP contribution >= 0.6 is 0 Å². The number of hydrogen-bond acceptors (Lipinski definition) is 4. The molecule has 23 heavy (non-hydrogen) atoms. The molecule has 0 aromatic heterocycles. The zero-order valence-electron chi connectivity index (χ0n) is 12.8. The van der Waals surface area contributed by atoms with Gasteiger partial charge >= 0.3 is 6.03 Å². The van der Waals surface area contributed by atoms with E-state index in [1.807, 2.05) is 13.8 Å². The van der Waals surface area contributed by atoms with E-state index in [1.165, 1.54) is 0 Å². The summed E-state index contributed by atoms with van der Waals surface area (Å²) in [5.41, 5.74) is -1.47. The lowest BCUT2D eigenvalue weighted by molar-refractivity contribution is -0.132. The fraction of sp³-hybridized carbons (Fsp3) is 0.467. The highest BCUT2D eigenvalue weighted by atomic mass is 32.2. The van der Waals surface area contributed by atoms with Gasteiger partial charge in [-0.05, 0) is 30.5 Å². The van der Waals surface area contributed by atoms with Gasteiger partial charge in [0.15, 0.2) is 9.84 Å². The van der Waals surface area contributed by atoms with Crippen molar-refractivity contribution in [3.8, 4) is 0 Å². The molecule has 0 aliphatic carbocycles. The Kier molecular flexibility index (Phi) is 3.47. The number of carbonyl (C=O) groups excluding carboxylic acids is 2. The lowest BCUT2D eigenvalue weighted by Crippen LogP contribution is -2.49. The van der Waals surface area contributed by atoms with Gasteiger partial charge in [0.25, 0.3) is 5.91 Å². The Morgan fingerprint density at radius 1 is 1.35 bits per heavy atom. The second-order valence-electron chi connectivity index (χ2n) is 6.35. The molecule has 2 heterocycles. The SMILES string of the molecule is CC(C)CN1C(=O)N[C@@]2(CCS(=O)(=O)c3ccc(F)cc32)C1=O. The van der Waals surface area contributed by atoms with Crippen molar-refractivity contribution in [2.24, 2.45) is 5.92 Å². The van der Waals surface area contributed by atoms with Gasteiger partial charge in [-0.25, -0.2) is 17.6 Å². The molecule has 6 nitrogen and oxygen atoms in total. The van der Waals surface area contributed by atoms with E-state index in [1.54, 1.807) is 0 Å². The maximum atomic E-state index is 13.7. The summed E-state index contributed by atoms with van der Waals surface area (Å²) in [4.78, 5) is 26.0. The minimum absolute atomic E-state index is 0.0216. The molecule has 3 amide bonds. The number of nitrogens with one attached hydrogen (secondary N) is 1. The Morgan fingerprint density at radius 3 is 2.70 bits per heavy atom. The average molecular weight is 340 g/mol. The fourth-order valence-electron chi connectivity index (χ4n) is 3.15. The predicted molar refractivity (Wildman–Crippen MR) is 79.8 cm³/mol. The average Bonchev–Trinajstić information content (AvgIpc) is 2.68. The highest BCUT2D eigenvalue weighted by molar-refractivity contribution is 7.91. The van der Waals surface area contributed by atoms with Gasteiger partial charge in [0, 0.05) is 12.1 Å². The summed E-state index contributed by atoms with van der Waals surface area (Å²) < 4.78 is 38.1. The number of rotatable bonds is 2. The molecule has 1 aromatic carbocycles. The molecule has 0 saturated carbocycles. The third-order valence-electron chi connectivity index (χ3n) is 4.21. The molecule has 1 atom stereocenters. The summed E-state index contributed by atoms with van der Waals surface area (Å²) in [5, 5.41) is 2.60. The van der Waals surface area contributed by atoms with Gasteiger partial charge in [0.2, 0.25) is 0 Å². The molecule has 0 unspecified atom stereocenters. The number of fused-ring (bicyclic) bond motifs is 2. The Hall–Kier alpha value is -1.96. The Labute approximate surface area is 133 Å². The maximum Gasteiger partial charge on any atom is 0.325 e. The third-order valence-corrected chi connectivity index (χ3v) is 5.97. The Bertz CT molecular complexity index is 806. The molecule has 2 aliphatic rings. The standard InChI is InChI=1S/C15H17FN2O4S/c1-9(2)8-18-13(19)15(17-14(18)20)5-6-23(21,22)12-4-3-10(16)7-11(12)15/h3-4,7,9H,5-6,8H2,1-2H3,(H,17,20)/t15-/m1/s1. The summed E-state index contributed by atoms with van der Waals surface area (Å²) in [6.07, 6.45) is -0.0923. The van der Waals surface area contributed by atoms with Crippen LogP contribution in [0.1, 0.15) is 25.8 Å². The molecule has 1 aromatic rings. The number of halogens is 1. The van der Waals surface area contributed by atoms with E-state index in [2.05, 4.69) is 5.32 Å². The van der Waals surface area contributed by atoms with E-state index in [4.69, 9.17) is 0 Å². The molecule has 1 spiro atoms. The number of nitrogens with zero attached hydrogens (tertiary/aromatic N) is 1. The Balaban J connectivity index is 2.16. The zero-order chi connectivity index (χ0) is 17.0. The van der Waals surface area contributed by atoms with E-state index in [9.17, 15) is 22.4 Å². The van der Waals surface area contributed by atoms with E-state index in [0.29, 0.717) is 0 Å². The number of hydrogen-bond donors (Lipinski definition) is 1. The van der Waals surface area contributed by atoms with E-state index >= 15 is 0 Å². The highest BCUT2D eigenvalue weighted by Crippen LogP contribution is 2.41. The second kappa shape index (κ2) is 5.02. The van der Waals surface area contributed by atoms with Crippen molar-refractivity contribution in [1.29, 1.82) is 0 Å². The second-order valence-corrected chi connectivity index (χ2v) is 8.43. The molecule has 1 N–H and O–H groups in total. The van der Waals surface area contributed by atoms with Gasteiger partial charge in [-0.2, -0.15) is 0 Å². The quantitative estimate of drug-likeness (QED) is 0.652. The molecule has 2 aliphatic heterocycles. The summed E-state index contributed by atoms with van der Waals surface area (Å²) in [7, 11) is -3.59. The van der Waals surface area contributed by atoms with Crippen molar-refractivity contribution >= 4 is 21.8 Å². The number of carbonyl (C=O) groups is 2. The summed E-state index contributed by atoms with van der Waals surface area (Å²) in [6.45, 7) is 3.96. The first kappa shape index (κ1) is 15.9. The van der Waals surface area contributed by atoms with Crippen LogP contribution in [-0.4, -0.2) is 37.6 Å². The molecule has 1 saturated heterocycles. The summed E-state index contributed by atoms with van der Waals surface area (Å²) in [5.74, 6) is -1.37. The molecule has 124 valence electrons. The summed E-state index contributed by atoms with van der Waals surface area (Å²) >= 11 is 0. The van der Waals surface area contributed by atoms with Gasteiger partial charge in [-0.15, -0.1) is 0 Å². The van der Waals surface area contributed by atoms with E-state index in [-0.39, 0.29) is 35.1 Å². The first-order chi connectivity index (χ1) is 10.7. The molecule has 0 bridgehead atoms. The zero-order valence-corrected chi connectivity index (χ0v) is 13.6. The van der Waals surface area contributed by atoms with Crippen LogP contribution in [0.25, 0.3) is 0 Å². The van der Waals surface area contributed by atoms with Crippen molar-refractivity contribution < 1.29 is 22.4 Å². The minimum atomic E-state index is -3.59. The number of sulfone groups is 1. The maximum absolute atomic E-state index is 13.7. The number of amides is 3. The monoisotopic (exact) mass is 340 g/mol. The van der Waals surface area contributed by atoms with Crippen LogP contribution in [0.3, 0.4) is 0 Å². The van der Waals surface area contributed by atoms with E-state index < -0.39 is 33.1 Å². The van der Waals surface area contributed by atoms with E-state index in [0.717, 1.165) is 23.1 Å². The topological polar surface area (TPSA) is 83.6 Å². The van der Waals surface area contributed by atoms with Crippen molar-refractivity contribution in [3.63, 3.8) is 0 Å². The molecule has 3 rings (SSSR count). The highest BCUT2D eigenvalue weighted by Gasteiger charge is 2.56. The van der Waals surface area contributed by atoms with Crippen LogP contribution < -0.4 is 5.32 Å². The molecule has 8 heteroatoms. The Morgan fingerprint density at radius 2 is 2.04 bits per heavy atom. The van der Waals surface area contributed by atoms with Crippen LogP contribution in [0.4, 0.5) is 9.18 Å². The summed E-state index contributed by atoms with van der Waals surface area (Å²) in [6, 6.07) is 2.66. The number of urea groups is 1. The van der Waals surface area contributed by atoms with Gasteiger partial charge in [0.05, 0.1) is 10.6 Å². The molecular formula is C15H17FN2O4S. The van der Waals surface area contributed by atoms with Crippen LogP contribution in [0.5, 0.6) is 0 Å². The van der Waals surface area contributed by atoms with Crippen LogP contribution in [0.15, 0.2) is 23.1 Å². The smallest absolute Gasteiger partial charge is 0.319 e. The van der Waals surface area contributed by atoms with Gasteiger partial charge in [-0.1, -0.05) is 13.8 Å². The van der Waals surface area contributed by atoms with Crippen molar-refractivity contribution in [3.05, 3.63) is 29.6 Å². The van der Waals surface area contributed by atoms with Gasteiger partial charge in [0.1, 0.15) is 11.4 Å². The molecular weight excluding hydrogens is 323 g/mol. The van der Waals surface area contributed by atoms with Crippen LogP contribution in [0.2, 0.25) is 0 Å².